The first-order valence-corrected chi connectivity index (χ1v) is 6.46. The van der Waals surface area contributed by atoms with Crippen molar-refractivity contribution in [3.63, 3.8) is 0 Å². The van der Waals surface area contributed by atoms with Crippen LogP contribution in [0.15, 0.2) is 18.2 Å². The number of halogens is 3. The molecule has 3 nitrogen and oxygen atoms in total. The zero-order valence-corrected chi connectivity index (χ0v) is 13.7. The molecule has 0 fully saturated rings. The van der Waals surface area contributed by atoms with Crippen LogP contribution in [0, 0.1) is 11.2 Å². The van der Waals surface area contributed by atoms with Crippen molar-refractivity contribution in [2.75, 3.05) is 7.05 Å². The minimum atomic E-state index is -0.636. The molecule has 0 unspecified atom stereocenters. The van der Waals surface area contributed by atoms with Crippen LogP contribution < -0.4 is 5.73 Å². The Morgan fingerprint density at radius 2 is 2.00 bits per heavy atom. The lowest BCUT2D eigenvalue weighted by atomic mass is 9.86. The molecule has 1 aromatic carbocycles. The highest BCUT2D eigenvalue weighted by molar-refractivity contribution is 6.31. The van der Waals surface area contributed by atoms with Crippen LogP contribution in [0.25, 0.3) is 0 Å². The van der Waals surface area contributed by atoms with E-state index in [4.69, 9.17) is 17.3 Å². The van der Waals surface area contributed by atoms with Gasteiger partial charge in [0, 0.05) is 24.2 Å². The van der Waals surface area contributed by atoms with Crippen LogP contribution in [0.4, 0.5) is 4.39 Å². The van der Waals surface area contributed by atoms with Crippen molar-refractivity contribution in [3.05, 3.63) is 34.6 Å². The number of hydrogen-bond donors (Lipinski definition) is 1. The number of amides is 1. The van der Waals surface area contributed by atoms with Gasteiger partial charge in [-0.05, 0) is 17.5 Å². The van der Waals surface area contributed by atoms with E-state index < -0.39 is 11.9 Å². The Morgan fingerprint density at radius 1 is 1.45 bits per heavy atom. The number of rotatable bonds is 3. The second kappa shape index (κ2) is 7.25. The summed E-state index contributed by atoms with van der Waals surface area (Å²) >= 11 is 5.94. The largest absolute Gasteiger partial charge is 0.340 e. The third-order valence-corrected chi connectivity index (χ3v) is 3.39. The van der Waals surface area contributed by atoms with Crippen LogP contribution in [-0.4, -0.2) is 23.9 Å². The van der Waals surface area contributed by atoms with E-state index in [9.17, 15) is 9.18 Å². The number of benzene rings is 1. The molecule has 0 aliphatic heterocycles. The van der Waals surface area contributed by atoms with Crippen molar-refractivity contribution < 1.29 is 9.18 Å². The van der Waals surface area contributed by atoms with Crippen LogP contribution in [-0.2, 0) is 11.3 Å². The number of carbonyl (C=O) groups is 1. The van der Waals surface area contributed by atoms with E-state index in [1.54, 1.807) is 13.1 Å². The summed E-state index contributed by atoms with van der Waals surface area (Å²) in [6.45, 7) is 5.77. The lowest BCUT2D eigenvalue weighted by Gasteiger charge is -2.30. The Kier molecular flexibility index (Phi) is 6.94. The summed E-state index contributed by atoms with van der Waals surface area (Å²) in [5.41, 5.74) is 5.87. The lowest BCUT2D eigenvalue weighted by Crippen LogP contribution is -2.49. The molecule has 0 saturated carbocycles. The Balaban J connectivity index is 0.00000361. The van der Waals surface area contributed by atoms with E-state index >= 15 is 0 Å². The highest BCUT2D eigenvalue weighted by Gasteiger charge is 2.30. The van der Waals surface area contributed by atoms with E-state index in [1.807, 2.05) is 20.8 Å². The molecule has 6 heteroatoms. The van der Waals surface area contributed by atoms with E-state index in [2.05, 4.69) is 0 Å². The second-order valence-corrected chi connectivity index (χ2v) is 6.15. The standard InChI is InChI=1S/C14H20ClFN2O.ClH/c1-14(2,3)12(17)13(19)18(4)8-9-10(15)6-5-7-11(9)16;/h5-7,12H,8,17H2,1-4H3;1H/t12-;/m1./s1. The van der Waals surface area contributed by atoms with Crippen LogP contribution in [0.2, 0.25) is 5.02 Å². The first-order chi connectivity index (χ1) is 8.64. The summed E-state index contributed by atoms with van der Waals surface area (Å²) in [4.78, 5) is 13.6. The average Bonchev–Trinajstić information content (AvgIpc) is 2.30. The fourth-order valence-electron chi connectivity index (χ4n) is 1.61. The van der Waals surface area contributed by atoms with E-state index in [-0.39, 0.29) is 30.3 Å². The van der Waals surface area contributed by atoms with Crippen molar-refractivity contribution in [2.24, 2.45) is 11.1 Å². The quantitative estimate of drug-likeness (QED) is 0.928. The zero-order valence-electron chi connectivity index (χ0n) is 12.1. The molecule has 1 atom stereocenters. The Hall–Kier alpha value is -0.840. The van der Waals surface area contributed by atoms with Gasteiger partial charge in [0.2, 0.25) is 5.91 Å². The van der Waals surface area contributed by atoms with E-state index in [1.165, 1.54) is 17.0 Å². The van der Waals surface area contributed by atoms with Gasteiger partial charge in [-0.1, -0.05) is 38.4 Å². The highest BCUT2D eigenvalue weighted by atomic mass is 35.5. The van der Waals surface area contributed by atoms with Crippen molar-refractivity contribution in [1.82, 2.24) is 4.90 Å². The van der Waals surface area contributed by atoms with Crippen molar-refractivity contribution in [3.8, 4) is 0 Å². The van der Waals surface area contributed by atoms with Gasteiger partial charge in [-0.3, -0.25) is 4.79 Å². The van der Waals surface area contributed by atoms with E-state index in [0.717, 1.165) is 0 Å². The molecule has 0 radical (unpaired) electrons. The average molecular weight is 323 g/mol. The zero-order chi connectivity index (χ0) is 14.8. The van der Waals surface area contributed by atoms with Gasteiger partial charge >= 0.3 is 0 Å². The van der Waals surface area contributed by atoms with Crippen LogP contribution in [0.3, 0.4) is 0 Å². The first-order valence-electron chi connectivity index (χ1n) is 6.08. The topological polar surface area (TPSA) is 46.3 Å². The van der Waals surface area contributed by atoms with Crippen molar-refractivity contribution in [2.45, 2.75) is 33.4 Å². The monoisotopic (exact) mass is 322 g/mol. The molecule has 0 spiro atoms. The number of hydrogen-bond acceptors (Lipinski definition) is 2. The highest BCUT2D eigenvalue weighted by Crippen LogP contribution is 2.23. The van der Waals surface area contributed by atoms with Gasteiger partial charge in [0.25, 0.3) is 0 Å². The summed E-state index contributed by atoms with van der Waals surface area (Å²) < 4.78 is 13.7. The molecule has 0 aliphatic carbocycles. The van der Waals surface area contributed by atoms with Crippen LogP contribution >= 0.6 is 24.0 Å². The third-order valence-electron chi connectivity index (χ3n) is 3.03. The summed E-state index contributed by atoms with van der Waals surface area (Å²) in [5, 5.41) is 0.309. The summed E-state index contributed by atoms with van der Waals surface area (Å²) in [6.07, 6.45) is 0. The van der Waals surface area contributed by atoms with Crippen LogP contribution in [0.5, 0.6) is 0 Å². The van der Waals surface area contributed by atoms with Gasteiger partial charge in [0.15, 0.2) is 0 Å². The molecule has 1 aromatic rings. The second-order valence-electron chi connectivity index (χ2n) is 5.74. The fraction of sp³-hybridized carbons (Fsp3) is 0.500. The Bertz CT molecular complexity index is 454. The minimum absolute atomic E-state index is 0. The number of nitrogens with two attached hydrogens (primary N) is 1. The fourth-order valence-corrected chi connectivity index (χ4v) is 1.83. The molecule has 114 valence electrons. The first kappa shape index (κ1) is 19.2. The molecular formula is C14H21Cl2FN2O. The predicted octanol–water partition coefficient (Wildman–Crippen LogP) is 3.23. The molecule has 1 amide bonds. The Morgan fingerprint density at radius 3 is 2.45 bits per heavy atom. The molecule has 0 aromatic heterocycles. The van der Waals surface area contributed by atoms with Gasteiger partial charge in [-0.15, -0.1) is 12.4 Å². The predicted molar refractivity (Wildman–Crippen MR) is 82.6 cm³/mol. The van der Waals surface area contributed by atoms with Gasteiger partial charge in [0.05, 0.1) is 6.04 Å². The molecule has 1 rings (SSSR count). The number of likely N-dealkylation sites (N-methyl/N-ethyl adjacent to an activating group) is 1. The lowest BCUT2D eigenvalue weighted by molar-refractivity contribution is -0.134. The molecule has 2 N–H and O–H groups in total. The maximum Gasteiger partial charge on any atom is 0.240 e. The molecular weight excluding hydrogens is 302 g/mol. The van der Waals surface area contributed by atoms with Gasteiger partial charge in [0.1, 0.15) is 5.82 Å². The van der Waals surface area contributed by atoms with Gasteiger partial charge in [-0.2, -0.15) is 0 Å². The summed E-state index contributed by atoms with van der Waals surface area (Å²) in [7, 11) is 1.59. The number of carbonyl (C=O) groups excluding carboxylic acids is 1. The van der Waals surface area contributed by atoms with Crippen molar-refractivity contribution >= 4 is 29.9 Å². The molecule has 0 bridgehead atoms. The molecule has 0 aliphatic rings. The molecule has 0 saturated heterocycles. The summed E-state index contributed by atoms with van der Waals surface area (Å²) in [6, 6.07) is 3.82. The van der Waals surface area contributed by atoms with Crippen molar-refractivity contribution in [1.29, 1.82) is 0 Å². The van der Waals surface area contributed by atoms with E-state index in [0.29, 0.717) is 10.6 Å². The minimum Gasteiger partial charge on any atom is -0.340 e. The maximum atomic E-state index is 13.7. The molecule has 20 heavy (non-hydrogen) atoms. The van der Waals surface area contributed by atoms with Gasteiger partial charge < -0.3 is 10.6 Å². The third kappa shape index (κ3) is 4.62. The maximum absolute atomic E-state index is 13.7. The van der Waals surface area contributed by atoms with Gasteiger partial charge in [-0.25, -0.2) is 4.39 Å². The smallest absolute Gasteiger partial charge is 0.240 e. The summed E-state index contributed by atoms with van der Waals surface area (Å²) in [5.74, 6) is -0.650. The Labute approximate surface area is 130 Å². The normalized spacial score (nSPS) is 12.6. The molecule has 0 heterocycles. The van der Waals surface area contributed by atoms with Crippen LogP contribution in [0.1, 0.15) is 26.3 Å². The SMILES string of the molecule is CN(Cc1c(F)cccc1Cl)C(=O)[C@@H](N)C(C)(C)C.Cl. The number of nitrogens with zero attached hydrogens (tertiary/aromatic N) is 1.